The van der Waals surface area contributed by atoms with Crippen molar-refractivity contribution in [1.82, 2.24) is 0 Å². The van der Waals surface area contributed by atoms with Gasteiger partial charge in [-0.1, -0.05) is 36.2 Å². The maximum Gasteiger partial charge on any atom is 0.164 e. The van der Waals surface area contributed by atoms with E-state index in [2.05, 4.69) is 6.92 Å². The molecule has 1 aliphatic rings. The van der Waals surface area contributed by atoms with Crippen molar-refractivity contribution in [2.45, 2.75) is 45.2 Å². The molecule has 2 nitrogen and oxygen atoms in total. The topological polar surface area (TPSA) is 18.5 Å². The van der Waals surface area contributed by atoms with E-state index in [1.807, 2.05) is 32.0 Å². The van der Waals surface area contributed by atoms with Crippen LogP contribution in [0.5, 0.6) is 0 Å². The van der Waals surface area contributed by atoms with Crippen molar-refractivity contribution in [3.05, 3.63) is 33.8 Å². The first-order valence-electron chi connectivity index (χ1n) is 5.74. The lowest BCUT2D eigenvalue weighted by Crippen LogP contribution is -2.21. The van der Waals surface area contributed by atoms with Crippen molar-refractivity contribution >= 4 is 23.2 Å². The second-order valence-electron chi connectivity index (χ2n) is 4.64. The van der Waals surface area contributed by atoms with Gasteiger partial charge in [0.1, 0.15) is 6.10 Å². The summed E-state index contributed by atoms with van der Waals surface area (Å²) in [6.07, 6.45) is 0.647. The fourth-order valence-electron chi connectivity index (χ4n) is 2.16. The highest BCUT2D eigenvalue weighted by Gasteiger charge is 2.42. The average molecular weight is 275 g/mol. The Hall–Kier alpha value is -0.280. The van der Waals surface area contributed by atoms with Crippen LogP contribution in [-0.4, -0.2) is 11.9 Å². The molecule has 0 spiro atoms. The van der Waals surface area contributed by atoms with Crippen molar-refractivity contribution in [3.63, 3.8) is 0 Å². The molecule has 4 heteroatoms. The second-order valence-corrected chi connectivity index (χ2v) is 5.45. The SMILES string of the molecule is CC[C@H]1OC(C)(C)O[C@H]1c1c(Cl)cccc1Cl. The van der Waals surface area contributed by atoms with E-state index in [1.54, 1.807) is 0 Å². The minimum atomic E-state index is -0.589. The zero-order valence-corrected chi connectivity index (χ0v) is 11.7. The first-order valence-corrected chi connectivity index (χ1v) is 6.49. The molecule has 1 fully saturated rings. The molecule has 0 unspecified atom stereocenters. The van der Waals surface area contributed by atoms with Gasteiger partial charge in [-0.15, -0.1) is 0 Å². The van der Waals surface area contributed by atoms with Gasteiger partial charge in [-0.25, -0.2) is 0 Å². The van der Waals surface area contributed by atoms with Crippen LogP contribution in [0.3, 0.4) is 0 Å². The monoisotopic (exact) mass is 274 g/mol. The molecule has 0 radical (unpaired) electrons. The highest BCUT2D eigenvalue weighted by atomic mass is 35.5. The zero-order chi connectivity index (χ0) is 12.6. The van der Waals surface area contributed by atoms with Crippen LogP contribution in [0.1, 0.15) is 38.9 Å². The van der Waals surface area contributed by atoms with Gasteiger partial charge in [-0.2, -0.15) is 0 Å². The third-order valence-corrected chi connectivity index (χ3v) is 3.53. The highest BCUT2D eigenvalue weighted by Crippen LogP contribution is 2.44. The Morgan fingerprint density at radius 3 is 2.29 bits per heavy atom. The molecule has 2 rings (SSSR count). The summed E-state index contributed by atoms with van der Waals surface area (Å²) in [5.74, 6) is -0.589. The van der Waals surface area contributed by atoms with Crippen LogP contribution in [-0.2, 0) is 9.47 Å². The fraction of sp³-hybridized carbons (Fsp3) is 0.538. The molecule has 0 aromatic heterocycles. The number of ether oxygens (including phenoxy) is 2. The first-order chi connectivity index (χ1) is 7.94. The summed E-state index contributed by atoms with van der Waals surface area (Å²) >= 11 is 12.4. The van der Waals surface area contributed by atoms with Crippen LogP contribution in [0.4, 0.5) is 0 Å². The maximum atomic E-state index is 6.20. The third-order valence-electron chi connectivity index (χ3n) is 2.87. The molecule has 1 aliphatic heterocycles. The molecular weight excluding hydrogens is 259 g/mol. The molecule has 0 amide bonds. The van der Waals surface area contributed by atoms with Crippen molar-refractivity contribution in [2.24, 2.45) is 0 Å². The predicted octanol–water partition coefficient (Wildman–Crippen LogP) is 4.60. The van der Waals surface area contributed by atoms with Crippen molar-refractivity contribution in [3.8, 4) is 0 Å². The molecular formula is C13H16Cl2O2. The molecule has 1 heterocycles. The summed E-state index contributed by atoms with van der Waals surface area (Å²) in [6, 6.07) is 5.48. The van der Waals surface area contributed by atoms with Gasteiger partial charge in [-0.3, -0.25) is 0 Å². The van der Waals surface area contributed by atoms with Gasteiger partial charge in [-0.05, 0) is 32.4 Å². The van der Waals surface area contributed by atoms with Crippen molar-refractivity contribution in [1.29, 1.82) is 0 Å². The second kappa shape index (κ2) is 4.77. The van der Waals surface area contributed by atoms with Crippen molar-refractivity contribution < 1.29 is 9.47 Å². The fourth-order valence-corrected chi connectivity index (χ4v) is 2.77. The van der Waals surface area contributed by atoms with Gasteiger partial charge in [0.2, 0.25) is 0 Å². The average Bonchev–Trinajstić information content (AvgIpc) is 2.53. The van der Waals surface area contributed by atoms with E-state index in [0.717, 1.165) is 12.0 Å². The lowest BCUT2D eigenvalue weighted by atomic mass is 10.0. The van der Waals surface area contributed by atoms with Crippen LogP contribution in [0.2, 0.25) is 10.0 Å². The van der Waals surface area contributed by atoms with Crippen LogP contribution < -0.4 is 0 Å². The maximum absolute atomic E-state index is 6.20. The Morgan fingerprint density at radius 2 is 1.76 bits per heavy atom. The Morgan fingerprint density at radius 1 is 1.18 bits per heavy atom. The lowest BCUT2D eigenvalue weighted by Gasteiger charge is -2.19. The minimum Gasteiger partial charge on any atom is -0.344 e. The summed E-state index contributed by atoms with van der Waals surface area (Å²) < 4.78 is 11.7. The van der Waals surface area contributed by atoms with E-state index < -0.39 is 5.79 Å². The third kappa shape index (κ3) is 2.60. The van der Waals surface area contributed by atoms with E-state index >= 15 is 0 Å². The van der Waals surface area contributed by atoms with E-state index in [4.69, 9.17) is 32.7 Å². The number of hydrogen-bond acceptors (Lipinski definition) is 2. The van der Waals surface area contributed by atoms with E-state index in [0.29, 0.717) is 10.0 Å². The smallest absolute Gasteiger partial charge is 0.164 e. The van der Waals surface area contributed by atoms with E-state index in [9.17, 15) is 0 Å². The van der Waals surface area contributed by atoms with Crippen LogP contribution >= 0.6 is 23.2 Å². The largest absolute Gasteiger partial charge is 0.344 e. The molecule has 2 atom stereocenters. The Balaban J connectivity index is 2.39. The van der Waals surface area contributed by atoms with Crippen LogP contribution in [0.25, 0.3) is 0 Å². The van der Waals surface area contributed by atoms with Gasteiger partial charge in [0.05, 0.1) is 6.10 Å². The molecule has 17 heavy (non-hydrogen) atoms. The van der Waals surface area contributed by atoms with Gasteiger partial charge in [0, 0.05) is 15.6 Å². The van der Waals surface area contributed by atoms with E-state index in [-0.39, 0.29) is 12.2 Å². The molecule has 0 aliphatic carbocycles. The van der Waals surface area contributed by atoms with Gasteiger partial charge >= 0.3 is 0 Å². The quantitative estimate of drug-likeness (QED) is 0.785. The lowest BCUT2D eigenvalue weighted by molar-refractivity contribution is -0.146. The number of halogens is 2. The molecule has 0 bridgehead atoms. The molecule has 1 aromatic rings. The summed E-state index contributed by atoms with van der Waals surface area (Å²) in [5, 5.41) is 1.25. The summed E-state index contributed by atoms with van der Waals surface area (Å²) in [6.45, 7) is 5.87. The molecule has 1 saturated heterocycles. The zero-order valence-electron chi connectivity index (χ0n) is 10.2. The summed E-state index contributed by atoms with van der Waals surface area (Å²) in [7, 11) is 0. The summed E-state index contributed by atoms with van der Waals surface area (Å²) in [4.78, 5) is 0. The number of hydrogen-bond donors (Lipinski definition) is 0. The minimum absolute atomic E-state index is 0.0117. The van der Waals surface area contributed by atoms with Gasteiger partial charge in [0.25, 0.3) is 0 Å². The van der Waals surface area contributed by atoms with Gasteiger partial charge in [0.15, 0.2) is 5.79 Å². The molecule has 0 saturated carbocycles. The molecule has 94 valence electrons. The Bertz CT molecular complexity index is 398. The van der Waals surface area contributed by atoms with Crippen LogP contribution in [0, 0.1) is 0 Å². The normalized spacial score (nSPS) is 27.4. The predicted molar refractivity (Wildman–Crippen MR) is 69.5 cm³/mol. The Labute approximate surface area is 112 Å². The standard InChI is InChI=1S/C13H16Cl2O2/c1-4-10-12(17-13(2,3)16-10)11-8(14)6-5-7-9(11)15/h5-7,10,12H,4H2,1-3H3/t10-,12-/m1/s1. The van der Waals surface area contributed by atoms with E-state index in [1.165, 1.54) is 0 Å². The molecule has 1 aromatic carbocycles. The first kappa shape index (κ1) is 13.2. The number of benzene rings is 1. The molecule has 0 N–H and O–H groups in total. The highest BCUT2D eigenvalue weighted by molar-refractivity contribution is 6.36. The number of rotatable bonds is 2. The van der Waals surface area contributed by atoms with Gasteiger partial charge < -0.3 is 9.47 Å². The Kier molecular flexibility index (Phi) is 3.69. The summed E-state index contributed by atoms with van der Waals surface area (Å²) in [5.41, 5.74) is 0.827. The van der Waals surface area contributed by atoms with Crippen molar-refractivity contribution in [2.75, 3.05) is 0 Å². The van der Waals surface area contributed by atoms with Crippen LogP contribution in [0.15, 0.2) is 18.2 Å².